The fourth-order valence-corrected chi connectivity index (χ4v) is 7.51. The Balaban J connectivity index is 1.44. The number of imidazole rings is 1. The van der Waals surface area contributed by atoms with E-state index in [-0.39, 0.29) is 17.3 Å². The molecule has 3 heterocycles. The highest BCUT2D eigenvalue weighted by molar-refractivity contribution is 7.52. The van der Waals surface area contributed by atoms with Crippen molar-refractivity contribution in [1.29, 1.82) is 0 Å². The van der Waals surface area contributed by atoms with E-state index >= 15 is 4.39 Å². The normalized spacial score (nSPS) is 28.0. The van der Waals surface area contributed by atoms with Crippen LogP contribution in [-0.4, -0.2) is 85.7 Å². The number of carbonyl (C=O) groups is 1. The van der Waals surface area contributed by atoms with Crippen LogP contribution >= 0.6 is 19.3 Å². The van der Waals surface area contributed by atoms with Crippen LogP contribution in [0.5, 0.6) is 5.75 Å². The molecule has 1 saturated heterocycles. The summed E-state index contributed by atoms with van der Waals surface area (Å²) in [5.41, 5.74) is 2.33. The van der Waals surface area contributed by atoms with E-state index < -0.39 is 61.4 Å². The zero-order chi connectivity index (χ0) is 32.0. The number of nitrogens with zero attached hydrogens (tertiary/aromatic N) is 5. The van der Waals surface area contributed by atoms with Crippen LogP contribution in [0, 0.1) is 0 Å². The van der Waals surface area contributed by atoms with E-state index in [1.54, 1.807) is 32.0 Å². The summed E-state index contributed by atoms with van der Waals surface area (Å²) in [7, 11) is -2.67. The number of aromatic nitrogens is 4. The first kappa shape index (κ1) is 32.3. The maximum absolute atomic E-state index is 16.3. The molecule has 0 radical (unpaired) electrons. The summed E-state index contributed by atoms with van der Waals surface area (Å²) in [6.07, 6.45) is -3.42. The molecule has 2 aromatic heterocycles. The third kappa shape index (κ3) is 5.50. The number of anilines is 2. The summed E-state index contributed by atoms with van der Waals surface area (Å²) >= 11 is 6.28. The molecule has 0 bridgehead atoms. The molecule has 1 unspecified atom stereocenters. The van der Waals surface area contributed by atoms with Crippen molar-refractivity contribution in [3.05, 3.63) is 36.7 Å². The lowest BCUT2D eigenvalue weighted by Crippen LogP contribution is -2.38. The topological polar surface area (TPSA) is 176 Å². The van der Waals surface area contributed by atoms with Crippen molar-refractivity contribution >= 4 is 48.2 Å². The molecule has 2 fully saturated rings. The van der Waals surface area contributed by atoms with E-state index in [2.05, 4.69) is 20.0 Å². The van der Waals surface area contributed by atoms with E-state index in [9.17, 15) is 14.5 Å². The average molecular weight is 656 g/mol. The molecule has 14 nitrogen and oxygen atoms in total. The van der Waals surface area contributed by atoms with Gasteiger partial charge in [-0.15, -0.1) is 11.6 Å². The second-order valence-corrected chi connectivity index (χ2v) is 13.0. The first-order valence-corrected chi connectivity index (χ1v) is 16.2. The van der Waals surface area contributed by atoms with E-state index in [0.29, 0.717) is 17.9 Å². The van der Waals surface area contributed by atoms with Gasteiger partial charge in [-0.25, -0.2) is 13.9 Å². The number of alkyl halides is 2. The number of para-hydroxylation sites is 1. The molecule has 0 spiro atoms. The third-order valence-corrected chi connectivity index (χ3v) is 9.54. The van der Waals surface area contributed by atoms with Crippen LogP contribution in [0.2, 0.25) is 0 Å². The van der Waals surface area contributed by atoms with Crippen molar-refractivity contribution in [1.82, 2.24) is 24.6 Å². The second-order valence-electron chi connectivity index (χ2n) is 11.1. The highest BCUT2D eigenvalue weighted by atomic mass is 35.5. The van der Waals surface area contributed by atoms with Gasteiger partial charge < -0.3 is 29.7 Å². The standard InChI is InChI=1S/C27H36ClFN7O7P/c1-6-12-35(5)20-18-21(33-25(30)32-20)36(14-31-18)22-19(29)27(38)24(26(27,13-28)41-22)43-44(39,42-17-10-8-7-9-11-17)34-16(4)23(37)40-15(2)3/h7-11,14-16,19,22,24,38H,6,12-13H2,1-5H3,(H,34,39)(H2,30,32,33)/t16-,19-,22+,24?,26+,27+,44-/m0/s1. The molecule has 5 rings (SSSR count). The Kier molecular flexibility index (Phi) is 8.84. The lowest BCUT2D eigenvalue weighted by molar-refractivity contribution is -0.149. The highest BCUT2D eigenvalue weighted by Gasteiger charge is 2.90. The number of ether oxygens (including phenoxy) is 2. The van der Waals surface area contributed by atoms with E-state index in [0.717, 1.165) is 6.42 Å². The predicted octanol–water partition coefficient (Wildman–Crippen LogP) is 3.35. The van der Waals surface area contributed by atoms with Crippen LogP contribution < -0.4 is 20.2 Å². The van der Waals surface area contributed by atoms with Crippen LogP contribution in [0.25, 0.3) is 11.2 Å². The zero-order valence-corrected chi connectivity index (χ0v) is 26.5. The Bertz CT molecular complexity index is 1560. The SMILES string of the molecule is CCCN(C)c1nc(N)nc2c1ncn2[C@@H]1O[C@]2(CCl)C(O[P@](=O)(N[C@@H](C)C(=O)OC(C)C)Oc3ccccc3)[C@]2(O)[C@H]1F. The van der Waals surface area contributed by atoms with Gasteiger partial charge in [0.1, 0.15) is 23.5 Å². The Hall–Kier alpha value is -3.07. The fraction of sp³-hybridized carbons (Fsp3) is 0.556. The van der Waals surface area contributed by atoms with Crippen LogP contribution in [0.3, 0.4) is 0 Å². The summed E-state index contributed by atoms with van der Waals surface area (Å²) in [6.45, 7) is 7.39. The zero-order valence-electron chi connectivity index (χ0n) is 24.9. The van der Waals surface area contributed by atoms with Crippen molar-refractivity contribution < 1.29 is 37.4 Å². The maximum Gasteiger partial charge on any atom is 0.459 e. The predicted molar refractivity (Wildman–Crippen MR) is 160 cm³/mol. The summed E-state index contributed by atoms with van der Waals surface area (Å²) in [5, 5.41) is 14.2. The number of esters is 1. The van der Waals surface area contributed by atoms with Crippen LogP contribution in [0.1, 0.15) is 40.3 Å². The van der Waals surface area contributed by atoms with Gasteiger partial charge in [0.15, 0.2) is 35.0 Å². The van der Waals surface area contributed by atoms with Gasteiger partial charge in [0.2, 0.25) is 5.95 Å². The minimum atomic E-state index is -4.49. The van der Waals surface area contributed by atoms with Crippen molar-refractivity contribution in [2.24, 2.45) is 0 Å². The number of carbonyl (C=O) groups excluding carboxylic acids is 1. The number of aliphatic hydroxyl groups is 1. The molecule has 1 saturated carbocycles. The second kappa shape index (κ2) is 12.0. The largest absolute Gasteiger partial charge is 0.462 e. The maximum atomic E-state index is 16.3. The Morgan fingerprint density at radius 2 is 2.02 bits per heavy atom. The fourth-order valence-electron chi connectivity index (χ4n) is 5.35. The Morgan fingerprint density at radius 3 is 2.64 bits per heavy atom. The number of nitrogens with two attached hydrogens (primary N) is 1. The number of halogens is 2. The van der Waals surface area contributed by atoms with Gasteiger partial charge in [0, 0.05) is 13.6 Å². The van der Waals surface area contributed by atoms with Crippen molar-refractivity contribution in [3.63, 3.8) is 0 Å². The number of nitrogens with one attached hydrogen (secondary N) is 1. The number of hydrogen-bond donors (Lipinski definition) is 3. The smallest absolute Gasteiger partial charge is 0.459 e. The van der Waals surface area contributed by atoms with Crippen molar-refractivity contribution in [3.8, 4) is 5.75 Å². The van der Waals surface area contributed by atoms with Gasteiger partial charge in [-0.3, -0.25) is 13.9 Å². The quantitative estimate of drug-likeness (QED) is 0.139. The molecule has 1 aromatic carbocycles. The molecule has 3 aromatic rings. The van der Waals surface area contributed by atoms with Crippen LogP contribution in [0.15, 0.2) is 36.7 Å². The monoisotopic (exact) mass is 655 g/mol. The number of benzene rings is 1. The first-order chi connectivity index (χ1) is 20.8. The summed E-state index contributed by atoms with van der Waals surface area (Å²) in [5.74, 6) is -0.631. The minimum absolute atomic E-state index is 0.0575. The lowest BCUT2D eigenvalue weighted by atomic mass is 10.1. The highest BCUT2D eigenvalue weighted by Crippen LogP contribution is 2.69. The van der Waals surface area contributed by atoms with Gasteiger partial charge in [0.25, 0.3) is 0 Å². The molecule has 7 atom stereocenters. The molecular formula is C27H36ClFN7O7P. The van der Waals surface area contributed by atoms with Gasteiger partial charge in [-0.05, 0) is 39.3 Å². The van der Waals surface area contributed by atoms with Gasteiger partial charge >= 0.3 is 13.7 Å². The Morgan fingerprint density at radius 1 is 1.32 bits per heavy atom. The van der Waals surface area contributed by atoms with Crippen LogP contribution in [-0.2, 0) is 23.4 Å². The molecule has 1 aliphatic heterocycles. The van der Waals surface area contributed by atoms with Crippen molar-refractivity contribution in [2.45, 2.75) is 76.0 Å². The number of nitrogen functional groups attached to an aromatic ring is 1. The summed E-state index contributed by atoms with van der Waals surface area (Å²) in [4.78, 5) is 27.3. The lowest BCUT2D eigenvalue weighted by Gasteiger charge is -2.27. The first-order valence-electron chi connectivity index (χ1n) is 14.1. The van der Waals surface area contributed by atoms with E-state index in [4.69, 9.17) is 35.9 Å². The number of rotatable bonds is 13. The summed E-state index contributed by atoms with van der Waals surface area (Å²) in [6, 6.07) is 6.86. The number of fused-ring (bicyclic) bond motifs is 2. The molecular weight excluding hydrogens is 620 g/mol. The van der Waals surface area contributed by atoms with Crippen LogP contribution in [0.4, 0.5) is 16.2 Å². The molecule has 17 heteroatoms. The summed E-state index contributed by atoms with van der Waals surface area (Å²) < 4.78 is 54.5. The number of hydrogen-bond acceptors (Lipinski definition) is 12. The van der Waals surface area contributed by atoms with Gasteiger partial charge in [-0.2, -0.15) is 15.1 Å². The molecule has 1 aliphatic carbocycles. The minimum Gasteiger partial charge on any atom is -0.462 e. The molecule has 44 heavy (non-hydrogen) atoms. The van der Waals surface area contributed by atoms with Gasteiger partial charge in [0.05, 0.1) is 18.3 Å². The molecule has 2 aliphatic rings. The Labute approximate surface area is 258 Å². The van der Waals surface area contributed by atoms with E-state index in [1.165, 1.54) is 30.0 Å². The van der Waals surface area contributed by atoms with Crippen molar-refractivity contribution in [2.75, 3.05) is 30.1 Å². The molecule has 4 N–H and O–H groups in total. The molecule has 0 amide bonds. The average Bonchev–Trinajstić information content (AvgIpc) is 3.20. The third-order valence-electron chi connectivity index (χ3n) is 7.50. The van der Waals surface area contributed by atoms with E-state index in [1.807, 2.05) is 18.9 Å². The van der Waals surface area contributed by atoms with Gasteiger partial charge in [-0.1, -0.05) is 25.1 Å². The molecule has 240 valence electrons.